The number of fused-ring (bicyclic) bond motifs is 1. The molecule has 0 spiro atoms. The first-order chi connectivity index (χ1) is 16.9. The van der Waals surface area contributed by atoms with Gasteiger partial charge in [-0.2, -0.15) is 4.98 Å². The van der Waals surface area contributed by atoms with Crippen LogP contribution >= 0.6 is 0 Å². The Bertz CT molecular complexity index is 1290. The van der Waals surface area contributed by atoms with Crippen molar-refractivity contribution < 1.29 is 5.64 Å². The standard InChI is InChI=1S/C28H36N4O2S.H2/c1-18(2)20-8-11-23(12-9-20)35(34)24-13-14-25(19(3)16-24)30-28-29-17-21-10-15-26(33)32(27(21)31-28)22-6-4-5-7-22;/h10,13-18,20,22-23H,4-9,11-12H2,1-3H3,(H,29,30,31);1H/t20?,23?,35-;/m0./s1. The second kappa shape index (κ2) is 10.2. The molecule has 2 saturated carbocycles. The second-order valence-electron chi connectivity index (χ2n) is 10.6. The smallest absolute Gasteiger partial charge is 0.252 e. The fourth-order valence-electron chi connectivity index (χ4n) is 5.80. The van der Waals surface area contributed by atoms with Crippen molar-refractivity contribution in [2.75, 3.05) is 5.32 Å². The first-order valence-electron chi connectivity index (χ1n) is 13.1. The topological polar surface area (TPSA) is 76.9 Å². The van der Waals surface area contributed by atoms with Crippen molar-refractivity contribution in [2.24, 2.45) is 11.8 Å². The van der Waals surface area contributed by atoms with E-state index in [0.29, 0.717) is 17.5 Å². The highest BCUT2D eigenvalue weighted by Gasteiger charge is 2.28. The van der Waals surface area contributed by atoms with Crippen molar-refractivity contribution in [1.29, 1.82) is 0 Å². The Morgan fingerprint density at radius 3 is 2.49 bits per heavy atom. The molecule has 2 heterocycles. The number of benzene rings is 1. The monoisotopic (exact) mass is 494 g/mol. The number of nitrogens with zero attached hydrogens (tertiary/aromatic N) is 3. The molecule has 0 bridgehead atoms. The van der Waals surface area contributed by atoms with Gasteiger partial charge >= 0.3 is 0 Å². The van der Waals surface area contributed by atoms with Gasteiger partial charge in [0.2, 0.25) is 5.95 Å². The molecule has 188 valence electrons. The highest BCUT2D eigenvalue weighted by Crippen LogP contribution is 2.34. The van der Waals surface area contributed by atoms with E-state index >= 15 is 0 Å². The van der Waals surface area contributed by atoms with Gasteiger partial charge in [-0.15, -0.1) is 0 Å². The third kappa shape index (κ3) is 5.06. The molecule has 0 amide bonds. The SMILES string of the molecule is Cc1cc([S@@](=O)C2CCC(C(C)C)CC2)ccc1Nc1ncc2ccc(=O)n(C3CCCC3)c2n1.[HH]. The van der Waals surface area contributed by atoms with Gasteiger partial charge < -0.3 is 5.32 Å². The number of pyridine rings is 1. The van der Waals surface area contributed by atoms with Crippen LogP contribution in [-0.2, 0) is 10.8 Å². The van der Waals surface area contributed by atoms with E-state index in [-0.39, 0.29) is 18.3 Å². The van der Waals surface area contributed by atoms with Gasteiger partial charge in [-0.3, -0.25) is 13.6 Å². The fraction of sp³-hybridized carbons (Fsp3) is 0.536. The van der Waals surface area contributed by atoms with Crippen molar-refractivity contribution in [3.05, 3.63) is 52.4 Å². The van der Waals surface area contributed by atoms with Crippen LogP contribution in [0.4, 0.5) is 11.6 Å². The molecule has 2 fully saturated rings. The first kappa shape index (κ1) is 24.2. The maximum absolute atomic E-state index is 13.3. The molecule has 2 aromatic heterocycles. The Hall–Kier alpha value is -2.54. The van der Waals surface area contributed by atoms with Gasteiger partial charge in [0.25, 0.3) is 5.56 Å². The molecule has 3 aromatic rings. The van der Waals surface area contributed by atoms with Gasteiger partial charge in [0.05, 0.1) is 10.8 Å². The average Bonchev–Trinajstić information content (AvgIpc) is 3.39. The molecule has 35 heavy (non-hydrogen) atoms. The second-order valence-corrected chi connectivity index (χ2v) is 12.4. The molecule has 0 unspecified atom stereocenters. The molecule has 2 aliphatic carbocycles. The van der Waals surface area contributed by atoms with E-state index in [2.05, 4.69) is 24.1 Å². The predicted octanol–water partition coefficient (Wildman–Crippen LogP) is 6.53. The van der Waals surface area contributed by atoms with Crippen molar-refractivity contribution in [3.63, 3.8) is 0 Å². The first-order valence-corrected chi connectivity index (χ1v) is 14.3. The lowest BCUT2D eigenvalue weighted by molar-refractivity contribution is 0.282. The predicted molar refractivity (Wildman–Crippen MR) is 145 cm³/mol. The Kier molecular flexibility index (Phi) is 7.05. The van der Waals surface area contributed by atoms with E-state index in [1.807, 2.05) is 29.7 Å². The number of nitrogens with one attached hydrogen (secondary N) is 1. The summed E-state index contributed by atoms with van der Waals surface area (Å²) in [6, 6.07) is 9.61. The zero-order valence-electron chi connectivity index (χ0n) is 21.0. The number of aromatic nitrogens is 3. The summed E-state index contributed by atoms with van der Waals surface area (Å²) in [5.74, 6) is 1.95. The third-order valence-electron chi connectivity index (χ3n) is 8.00. The van der Waals surface area contributed by atoms with Crippen LogP contribution in [0, 0.1) is 18.8 Å². The van der Waals surface area contributed by atoms with Crippen LogP contribution in [-0.4, -0.2) is 24.0 Å². The lowest BCUT2D eigenvalue weighted by Gasteiger charge is -2.30. The zero-order chi connectivity index (χ0) is 24.5. The number of anilines is 2. The minimum absolute atomic E-state index is 0. The molecule has 5 rings (SSSR count). The van der Waals surface area contributed by atoms with E-state index in [1.54, 1.807) is 18.3 Å². The summed E-state index contributed by atoms with van der Waals surface area (Å²) in [6.07, 6.45) is 10.6. The Balaban J connectivity index is 0.00000304. The van der Waals surface area contributed by atoms with E-state index < -0.39 is 10.8 Å². The van der Waals surface area contributed by atoms with E-state index in [0.717, 1.165) is 66.0 Å². The van der Waals surface area contributed by atoms with Gasteiger partial charge in [0, 0.05) is 41.0 Å². The Labute approximate surface area is 211 Å². The van der Waals surface area contributed by atoms with Crippen LogP contribution in [0.15, 0.2) is 46.2 Å². The van der Waals surface area contributed by atoms with Crippen LogP contribution in [0.2, 0.25) is 0 Å². The van der Waals surface area contributed by atoms with Crippen LogP contribution in [0.5, 0.6) is 0 Å². The number of hydrogen-bond donors (Lipinski definition) is 1. The molecule has 1 N–H and O–H groups in total. The highest BCUT2D eigenvalue weighted by molar-refractivity contribution is 7.85. The number of aryl methyl sites for hydroxylation is 1. The summed E-state index contributed by atoms with van der Waals surface area (Å²) < 4.78 is 15.1. The van der Waals surface area contributed by atoms with Crippen molar-refractivity contribution in [2.45, 2.75) is 88.3 Å². The summed E-state index contributed by atoms with van der Waals surface area (Å²) in [7, 11) is -0.986. The maximum Gasteiger partial charge on any atom is 0.252 e. The van der Waals surface area contributed by atoms with Crippen molar-refractivity contribution in [3.8, 4) is 0 Å². The molecular formula is C28H38N4O2S. The molecule has 6 nitrogen and oxygen atoms in total. The minimum atomic E-state index is -0.986. The van der Waals surface area contributed by atoms with Gasteiger partial charge in [0.15, 0.2) is 0 Å². The lowest BCUT2D eigenvalue weighted by Crippen LogP contribution is -2.25. The van der Waals surface area contributed by atoms with Crippen LogP contribution in [0.3, 0.4) is 0 Å². The quantitative estimate of drug-likeness (QED) is 0.422. The molecule has 0 aliphatic heterocycles. The molecule has 0 saturated heterocycles. The van der Waals surface area contributed by atoms with Crippen molar-refractivity contribution in [1.82, 2.24) is 14.5 Å². The Morgan fingerprint density at radius 2 is 1.80 bits per heavy atom. The van der Waals surface area contributed by atoms with Crippen LogP contribution in [0.25, 0.3) is 11.0 Å². The number of hydrogen-bond acceptors (Lipinski definition) is 5. The van der Waals surface area contributed by atoms with Gasteiger partial charge in [-0.05, 0) is 87.1 Å². The molecule has 7 heteroatoms. The molecule has 1 aromatic carbocycles. The van der Waals surface area contributed by atoms with Crippen LogP contribution in [0.1, 0.15) is 78.2 Å². The average molecular weight is 495 g/mol. The van der Waals surface area contributed by atoms with E-state index in [1.165, 1.54) is 12.8 Å². The summed E-state index contributed by atoms with van der Waals surface area (Å²) in [6.45, 7) is 6.61. The summed E-state index contributed by atoms with van der Waals surface area (Å²) in [5, 5.41) is 4.45. The van der Waals surface area contributed by atoms with Gasteiger partial charge in [-0.1, -0.05) is 26.7 Å². The molecule has 2 aliphatic rings. The van der Waals surface area contributed by atoms with E-state index in [4.69, 9.17) is 4.98 Å². The summed E-state index contributed by atoms with van der Waals surface area (Å²) in [5.41, 5.74) is 2.59. The third-order valence-corrected chi connectivity index (χ3v) is 9.79. The largest absolute Gasteiger partial charge is 0.324 e. The van der Waals surface area contributed by atoms with E-state index in [9.17, 15) is 9.00 Å². The normalized spacial score (nSPS) is 22.1. The molecule has 1 atom stereocenters. The number of rotatable bonds is 6. The van der Waals surface area contributed by atoms with Crippen LogP contribution < -0.4 is 10.9 Å². The fourth-order valence-corrected chi connectivity index (χ4v) is 7.38. The maximum atomic E-state index is 13.3. The minimum Gasteiger partial charge on any atom is -0.324 e. The zero-order valence-corrected chi connectivity index (χ0v) is 21.8. The van der Waals surface area contributed by atoms with Gasteiger partial charge in [0.1, 0.15) is 5.65 Å². The summed E-state index contributed by atoms with van der Waals surface area (Å²) >= 11 is 0. The summed E-state index contributed by atoms with van der Waals surface area (Å²) in [4.78, 5) is 22.8. The highest BCUT2D eigenvalue weighted by atomic mass is 32.2. The molecular weight excluding hydrogens is 456 g/mol. The van der Waals surface area contributed by atoms with Crippen molar-refractivity contribution >= 4 is 33.5 Å². The van der Waals surface area contributed by atoms with Gasteiger partial charge in [-0.25, -0.2) is 4.98 Å². The molecule has 0 radical (unpaired) electrons. The Morgan fingerprint density at radius 1 is 1.06 bits per heavy atom. The lowest BCUT2D eigenvalue weighted by atomic mass is 9.81.